The number of ether oxygens (including phenoxy) is 2. The quantitative estimate of drug-likeness (QED) is 0.923. The molecule has 1 aromatic carbocycles. The second-order valence-corrected chi connectivity index (χ2v) is 6.78. The van der Waals surface area contributed by atoms with Crippen molar-refractivity contribution in [2.24, 2.45) is 0 Å². The fraction of sp³-hybridized carbons (Fsp3) is 0.500. The minimum Gasteiger partial charge on any atom is -0.492 e. The van der Waals surface area contributed by atoms with E-state index in [1.165, 1.54) is 0 Å². The zero-order valence-electron chi connectivity index (χ0n) is 14.4. The molecule has 0 spiro atoms. The van der Waals surface area contributed by atoms with Crippen LogP contribution in [0.2, 0.25) is 0 Å². The molecular formula is C18H22N4O3. The Kier molecular flexibility index (Phi) is 4.17. The summed E-state index contributed by atoms with van der Waals surface area (Å²) in [4.78, 5) is 19.4. The van der Waals surface area contributed by atoms with Crippen LogP contribution in [0.3, 0.4) is 0 Å². The lowest BCUT2D eigenvalue weighted by atomic mass is 9.99. The number of rotatable bonds is 3. The number of carbonyl (C=O) groups is 1. The van der Waals surface area contributed by atoms with Crippen LogP contribution in [0.5, 0.6) is 5.75 Å². The van der Waals surface area contributed by atoms with Crippen molar-refractivity contribution in [1.82, 2.24) is 20.1 Å². The number of para-hydroxylation sites is 1. The number of amides is 1. The number of H-pyrrole nitrogens is 1. The molecule has 132 valence electrons. The highest BCUT2D eigenvalue weighted by Gasteiger charge is 2.36. The number of nitrogens with zero attached hydrogens (tertiary/aromatic N) is 3. The lowest BCUT2D eigenvalue weighted by Gasteiger charge is -2.33. The summed E-state index contributed by atoms with van der Waals surface area (Å²) in [5.41, 5.74) is 0.970. The molecule has 1 fully saturated rings. The van der Waals surface area contributed by atoms with E-state index in [-0.39, 0.29) is 23.8 Å². The average molecular weight is 342 g/mol. The monoisotopic (exact) mass is 342 g/mol. The van der Waals surface area contributed by atoms with E-state index in [0.29, 0.717) is 32.1 Å². The predicted molar refractivity (Wildman–Crippen MR) is 90.4 cm³/mol. The van der Waals surface area contributed by atoms with Gasteiger partial charge in [-0.25, -0.2) is 4.98 Å². The molecule has 0 aliphatic carbocycles. The summed E-state index contributed by atoms with van der Waals surface area (Å²) in [6.45, 7) is 6.04. The van der Waals surface area contributed by atoms with Gasteiger partial charge in [0.1, 0.15) is 24.4 Å². The first-order valence-electron chi connectivity index (χ1n) is 8.68. The third kappa shape index (κ3) is 3.00. The van der Waals surface area contributed by atoms with E-state index >= 15 is 0 Å². The van der Waals surface area contributed by atoms with Gasteiger partial charge in [-0.15, -0.1) is 0 Å². The summed E-state index contributed by atoms with van der Waals surface area (Å²) in [6.07, 6.45) is -0.268. The van der Waals surface area contributed by atoms with E-state index < -0.39 is 0 Å². The summed E-state index contributed by atoms with van der Waals surface area (Å²) < 4.78 is 11.5. The van der Waals surface area contributed by atoms with Crippen LogP contribution in [-0.2, 0) is 9.53 Å². The van der Waals surface area contributed by atoms with Crippen molar-refractivity contribution in [3.8, 4) is 5.75 Å². The highest BCUT2D eigenvalue weighted by Crippen LogP contribution is 2.35. The topological polar surface area (TPSA) is 80.3 Å². The molecule has 0 bridgehead atoms. The molecule has 1 saturated heterocycles. The number of aromatic amines is 1. The van der Waals surface area contributed by atoms with Crippen LogP contribution in [0.15, 0.2) is 24.3 Å². The summed E-state index contributed by atoms with van der Waals surface area (Å²) in [7, 11) is 0. The van der Waals surface area contributed by atoms with Crippen molar-refractivity contribution in [3.63, 3.8) is 0 Å². The molecule has 2 atom stereocenters. The van der Waals surface area contributed by atoms with Gasteiger partial charge in [-0.3, -0.25) is 9.89 Å². The van der Waals surface area contributed by atoms with Crippen LogP contribution in [0, 0.1) is 0 Å². The fourth-order valence-electron chi connectivity index (χ4n) is 3.29. The van der Waals surface area contributed by atoms with E-state index in [4.69, 9.17) is 9.47 Å². The van der Waals surface area contributed by atoms with Gasteiger partial charge < -0.3 is 14.4 Å². The Bertz CT molecular complexity index is 773. The average Bonchev–Trinajstić information content (AvgIpc) is 3.28. The SMILES string of the molecule is CC(C)c1n[nH]c([C@@H]2CN(C(=O)[C@@H]3COc4ccccc43)CCO2)n1. The molecule has 0 radical (unpaired) electrons. The first-order valence-corrected chi connectivity index (χ1v) is 8.68. The molecule has 3 heterocycles. The van der Waals surface area contributed by atoms with Gasteiger partial charge in [0.2, 0.25) is 5.91 Å². The normalized spacial score (nSPS) is 22.8. The zero-order valence-corrected chi connectivity index (χ0v) is 14.4. The summed E-state index contributed by atoms with van der Waals surface area (Å²) >= 11 is 0. The predicted octanol–water partition coefficient (Wildman–Crippen LogP) is 2.00. The van der Waals surface area contributed by atoms with Crippen LogP contribution in [0.25, 0.3) is 0 Å². The maximum Gasteiger partial charge on any atom is 0.233 e. The van der Waals surface area contributed by atoms with Crippen LogP contribution in [0.4, 0.5) is 0 Å². The second-order valence-electron chi connectivity index (χ2n) is 6.78. The van der Waals surface area contributed by atoms with E-state index in [1.807, 2.05) is 43.0 Å². The highest BCUT2D eigenvalue weighted by molar-refractivity contribution is 5.85. The molecule has 2 aromatic rings. The van der Waals surface area contributed by atoms with Crippen molar-refractivity contribution >= 4 is 5.91 Å². The van der Waals surface area contributed by atoms with Gasteiger partial charge in [-0.1, -0.05) is 32.0 Å². The fourth-order valence-corrected chi connectivity index (χ4v) is 3.29. The van der Waals surface area contributed by atoms with Crippen molar-refractivity contribution in [2.45, 2.75) is 31.8 Å². The number of carbonyl (C=O) groups excluding carboxylic acids is 1. The van der Waals surface area contributed by atoms with E-state index in [9.17, 15) is 4.79 Å². The molecule has 1 N–H and O–H groups in total. The molecule has 0 unspecified atom stereocenters. The van der Waals surface area contributed by atoms with Gasteiger partial charge in [-0.05, 0) is 6.07 Å². The third-order valence-corrected chi connectivity index (χ3v) is 4.72. The Hall–Kier alpha value is -2.41. The Morgan fingerprint density at radius 3 is 3.00 bits per heavy atom. The third-order valence-electron chi connectivity index (χ3n) is 4.72. The largest absolute Gasteiger partial charge is 0.492 e. The Morgan fingerprint density at radius 1 is 1.36 bits per heavy atom. The summed E-state index contributed by atoms with van der Waals surface area (Å²) in [5, 5.41) is 7.18. The number of hydrogen-bond acceptors (Lipinski definition) is 5. The number of benzene rings is 1. The van der Waals surface area contributed by atoms with Gasteiger partial charge >= 0.3 is 0 Å². The highest BCUT2D eigenvalue weighted by atomic mass is 16.5. The van der Waals surface area contributed by atoms with Crippen molar-refractivity contribution in [3.05, 3.63) is 41.5 Å². The standard InChI is InChI=1S/C18H22N4O3/c1-11(2)16-19-17(21-20-16)15-9-22(7-8-24-15)18(23)13-10-25-14-6-4-3-5-12(13)14/h3-6,11,13,15H,7-10H2,1-2H3,(H,19,20,21)/t13-,15+/m1/s1. The number of nitrogens with one attached hydrogen (secondary N) is 1. The molecule has 2 aliphatic rings. The molecule has 1 aromatic heterocycles. The number of morpholine rings is 1. The first kappa shape index (κ1) is 16.1. The second kappa shape index (κ2) is 6.48. The van der Waals surface area contributed by atoms with Gasteiger partial charge in [0.15, 0.2) is 11.6 Å². The van der Waals surface area contributed by atoms with E-state index in [0.717, 1.165) is 17.1 Å². The van der Waals surface area contributed by atoms with E-state index in [2.05, 4.69) is 15.2 Å². The molecule has 1 amide bonds. The van der Waals surface area contributed by atoms with Gasteiger partial charge in [0.05, 0.1) is 13.2 Å². The van der Waals surface area contributed by atoms with Gasteiger partial charge in [0, 0.05) is 18.0 Å². The van der Waals surface area contributed by atoms with Crippen LogP contribution in [-0.4, -0.2) is 52.3 Å². The minimum atomic E-state index is -0.268. The van der Waals surface area contributed by atoms with Crippen LogP contribution < -0.4 is 4.74 Å². The Labute approximate surface area is 146 Å². The lowest BCUT2D eigenvalue weighted by Crippen LogP contribution is -2.45. The molecule has 0 saturated carbocycles. The smallest absolute Gasteiger partial charge is 0.233 e. The number of aromatic nitrogens is 3. The molecular weight excluding hydrogens is 320 g/mol. The Balaban J connectivity index is 1.48. The summed E-state index contributed by atoms with van der Waals surface area (Å²) in [5.74, 6) is 2.35. The molecule has 7 nitrogen and oxygen atoms in total. The van der Waals surface area contributed by atoms with Crippen molar-refractivity contribution in [1.29, 1.82) is 0 Å². The zero-order chi connectivity index (χ0) is 17.4. The Morgan fingerprint density at radius 2 is 2.20 bits per heavy atom. The van der Waals surface area contributed by atoms with Crippen molar-refractivity contribution < 1.29 is 14.3 Å². The lowest BCUT2D eigenvalue weighted by molar-refractivity contribution is -0.141. The van der Waals surface area contributed by atoms with E-state index in [1.54, 1.807) is 0 Å². The number of hydrogen-bond donors (Lipinski definition) is 1. The first-order chi connectivity index (χ1) is 12.1. The number of fused-ring (bicyclic) bond motifs is 1. The molecule has 25 heavy (non-hydrogen) atoms. The molecule has 4 rings (SSSR count). The minimum absolute atomic E-state index is 0.0850. The van der Waals surface area contributed by atoms with Crippen molar-refractivity contribution in [2.75, 3.05) is 26.3 Å². The summed E-state index contributed by atoms with van der Waals surface area (Å²) in [6, 6.07) is 7.74. The molecule has 2 aliphatic heterocycles. The van der Waals surface area contributed by atoms with Gasteiger partial charge in [-0.2, -0.15) is 5.10 Å². The maximum atomic E-state index is 13.0. The maximum absolute atomic E-state index is 13.0. The van der Waals surface area contributed by atoms with Gasteiger partial charge in [0.25, 0.3) is 0 Å². The molecule has 7 heteroatoms. The van der Waals surface area contributed by atoms with Crippen LogP contribution in [0.1, 0.15) is 49.0 Å². The van der Waals surface area contributed by atoms with Crippen LogP contribution >= 0.6 is 0 Å².